The molecule has 0 unspecified atom stereocenters. The number of thiophene rings is 1. The Labute approximate surface area is 249 Å². The van der Waals surface area contributed by atoms with Crippen LogP contribution >= 0.6 is 22.9 Å². The minimum Gasteiger partial charge on any atom is -0.370 e. The molecule has 1 aromatic carbocycles. The summed E-state index contributed by atoms with van der Waals surface area (Å²) in [6.45, 7) is 13.7. The van der Waals surface area contributed by atoms with E-state index in [4.69, 9.17) is 16.3 Å². The van der Waals surface area contributed by atoms with E-state index in [0.29, 0.717) is 34.6 Å². The Balaban J connectivity index is 1.92. The molecule has 1 aliphatic heterocycles. The van der Waals surface area contributed by atoms with Gasteiger partial charge in [0.25, 0.3) is 18.2 Å². The first kappa shape index (κ1) is 32.9. The highest BCUT2D eigenvalue weighted by atomic mass is 35.5. The molecule has 2 N–H and O–H groups in total. The molecule has 0 saturated carbocycles. The van der Waals surface area contributed by atoms with Gasteiger partial charge in [-0.15, -0.1) is 11.3 Å². The van der Waals surface area contributed by atoms with Crippen LogP contribution in [0.1, 0.15) is 63.2 Å². The summed E-state index contributed by atoms with van der Waals surface area (Å²) in [7, 11) is 0. The summed E-state index contributed by atoms with van der Waals surface area (Å²) in [5.74, 6) is -1.23. The number of alkyl halides is 2. The van der Waals surface area contributed by atoms with Gasteiger partial charge in [-0.1, -0.05) is 53.1 Å². The van der Waals surface area contributed by atoms with Gasteiger partial charge >= 0.3 is 0 Å². The molecule has 2 heterocycles. The van der Waals surface area contributed by atoms with Crippen LogP contribution in [0.15, 0.2) is 30.3 Å². The van der Waals surface area contributed by atoms with Gasteiger partial charge in [0.2, 0.25) is 5.91 Å². The van der Waals surface area contributed by atoms with E-state index in [2.05, 4.69) is 10.6 Å². The number of carbonyl (C=O) groups is 3. The summed E-state index contributed by atoms with van der Waals surface area (Å²) in [5.41, 5.74) is -0.538. The van der Waals surface area contributed by atoms with Crippen molar-refractivity contribution in [1.29, 1.82) is 0 Å². The fourth-order valence-corrected chi connectivity index (χ4v) is 5.57. The van der Waals surface area contributed by atoms with Crippen molar-refractivity contribution in [2.75, 3.05) is 49.6 Å². The second kappa shape index (κ2) is 13.6. The number of anilines is 2. The fourth-order valence-electron chi connectivity index (χ4n) is 4.61. The van der Waals surface area contributed by atoms with Crippen molar-refractivity contribution in [2.45, 2.75) is 54.0 Å². The van der Waals surface area contributed by atoms with Crippen LogP contribution in [0.2, 0.25) is 4.34 Å². The maximum atomic E-state index is 14.2. The number of rotatable bonds is 10. The van der Waals surface area contributed by atoms with Gasteiger partial charge in [-0.2, -0.15) is 0 Å². The zero-order chi connectivity index (χ0) is 30.5. The molecule has 3 amide bonds. The largest absolute Gasteiger partial charge is 0.370 e. The van der Waals surface area contributed by atoms with Crippen LogP contribution < -0.4 is 15.5 Å². The van der Waals surface area contributed by atoms with E-state index in [9.17, 15) is 23.2 Å². The first-order chi connectivity index (χ1) is 19.0. The first-order valence-corrected chi connectivity index (χ1v) is 14.6. The zero-order valence-corrected chi connectivity index (χ0v) is 25.9. The third kappa shape index (κ3) is 9.73. The first-order valence-electron chi connectivity index (χ1n) is 13.4. The molecule has 1 aromatic heterocycles. The summed E-state index contributed by atoms with van der Waals surface area (Å²) < 4.78 is 34.0. The highest BCUT2D eigenvalue weighted by Gasteiger charge is 2.33. The summed E-state index contributed by atoms with van der Waals surface area (Å²) in [5, 5.41) is 5.53. The number of hydrogen-bond acceptors (Lipinski definition) is 6. The minimum absolute atomic E-state index is 0.0449. The van der Waals surface area contributed by atoms with E-state index >= 15 is 0 Å². The van der Waals surface area contributed by atoms with E-state index < -0.39 is 23.9 Å². The van der Waals surface area contributed by atoms with Gasteiger partial charge in [0.15, 0.2) is 0 Å². The maximum Gasteiger partial charge on any atom is 0.265 e. The summed E-state index contributed by atoms with van der Waals surface area (Å²) in [6, 6.07) is 6.51. The van der Waals surface area contributed by atoms with Gasteiger partial charge in [0, 0.05) is 43.1 Å². The number of hydrogen-bond donors (Lipinski definition) is 2. The number of morpholine rings is 1. The van der Waals surface area contributed by atoms with Crippen LogP contribution in [0.5, 0.6) is 0 Å². The van der Waals surface area contributed by atoms with Crippen LogP contribution in [0.3, 0.4) is 0 Å². The summed E-state index contributed by atoms with van der Waals surface area (Å²) in [6.07, 6.45) is -2.90. The summed E-state index contributed by atoms with van der Waals surface area (Å²) >= 11 is 7.12. The molecule has 1 aliphatic rings. The predicted molar refractivity (Wildman–Crippen MR) is 159 cm³/mol. The van der Waals surface area contributed by atoms with Gasteiger partial charge in [0.1, 0.15) is 12.6 Å². The standard InChI is InChI=1S/C29H39ClF2N4O4S/c1-28(2,3)16-35(17-29(4,5)6)21(14-33-27(39)22-9-10-23(30)41-22)26(38)34-20-8-7-18(13-19(20)25(31)32)36-11-12-40-15-24(36)37/h7-10,13,21,25H,11-12,14-17H2,1-6H3,(H,33,39)(H,34,38)/t21-/m1/s1. The second-order valence-electron chi connectivity index (χ2n) is 12.5. The molecule has 1 saturated heterocycles. The predicted octanol–water partition coefficient (Wildman–Crippen LogP) is 5.83. The average Bonchev–Trinajstić information content (AvgIpc) is 3.29. The van der Waals surface area contributed by atoms with Gasteiger partial charge in [-0.3, -0.25) is 19.3 Å². The molecule has 0 spiro atoms. The lowest BCUT2D eigenvalue weighted by molar-refractivity contribution is -0.125. The van der Waals surface area contributed by atoms with Crippen molar-refractivity contribution >= 4 is 52.0 Å². The van der Waals surface area contributed by atoms with Gasteiger partial charge in [-0.05, 0) is 41.2 Å². The Kier molecular flexibility index (Phi) is 10.9. The third-order valence-electron chi connectivity index (χ3n) is 6.18. The monoisotopic (exact) mass is 612 g/mol. The maximum absolute atomic E-state index is 14.2. The van der Waals surface area contributed by atoms with Crippen LogP contribution in [0.25, 0.3) is 0 Å². The minimum atomic E-state index is -2.90. The van der Waals surface area contributed by atoms with E-state index in [1.54, 1.807) is 12.1 Å². The van der Waals surface area contributed by atoms with Crippen LogP contribution in [-0.2, 0) is 14.3 Å². The molecule has 0 radical (unpaired) electrons. The van der Waals surface area contributed by atoms with Gasteiger partial charge in [0.05, 0.1) is 15.8 Å². The van der Waals surface area contributed by atoms with Crippen molar-refractivity contribution in [3.63, 3.8) is 0 Å². The molecule has 0 aliphatic carbocycles. The number of nitrogens with zero attached hydrogens (tertiary/aromatic N) is 2. The number of benzene rings is 1. The lowest BCUT2D eigenvalue weighted by Gasteiger charge is -2.39. The second-order valence-corrected chi connectivity index (χ2v) is 14.2. The van der Waals surface area contributed by atoms with Crippen LogP contribution in [0, 0.1) is 10.8 Å². The highest BCUT2D eigenvalue weighted by Crippen LogP contribution is 2.32. The number of amides is 3. The van der Waals surface area contributed by atoms with Crippen molar-refractivity contribution in [3.8, 4) is 0 Å². The van der Waals surface area contributed by atoms with E-state index in [1.807, 2.05) is 46.4 Å². The number of ether oxygens (including phenoxy) is 1. The SMILES string of the molecule is CC(C)(C)CN(CC(C)(C)C)[C@H](CNC(=O)c1ccc(Cl)s1)C(=O)Nc1ccc(N2CCOCC2=O)cc1C(F)F. The molecule has 12 heteroatoms. The van der Waals surface area contributed by atoms with Crippen molar-refractivity contribution in [1.82, 2.24) is 10.2 Å². The molecule has 41 heavy (non-hydrogen) atoms. The van der Waals surface area contributed by atoms with Crippen LogP contribution in [-0.4, -0.2) is 68.1 Å². The Bertz CT molecular complexity index is 1230. The van der Waals surface area contributed by atoms with E-state index in [1.165, 1.54) is 23.1 Å². The molecule has 1 atom stereocenters. The van der Waals surface area contributed by atoms with Crippen LogP contribution in [0.4, 0.5) is 20.2 Å². The topological polar surface area (TPSA) is 91.0 Å². The Morgan fingerprint density at radius 1 is 1.10 bits per heavy atom. The summed E-state index contributed by atoms with van der Waals surface area (Å²) in [4.78, 5) is 42.7. The smallest absolute Gasteiger partial charge is 0.265 e. The van der Waals surface area contributed by atoms with Gasteiger partial charge in [-0.25, -0.2) is 8.78 Å². The van der Waals surface area contributed by atoms with Crippen molar-refractivity contribution < 1.29 is 27.9 Å². The normalized spacial score (nSPS) is 15.4. The molecule has 0 bridgehead atoms. The molecular formula is C29H39ClF2N4O4S. The number of carbonyl (C=O) groups excluding carboxylic acids is 3. The van der Waals surface area contributed by atoms with E-state index in [-0.39, 0.29) is 48.0 Å². The third-order valence-corrected chi connectivity index (χ3v) is 7.41. The lowest BCUT2D eigenvalue weighted by Crippen LogP contribution is -2.54. The van der Waals surface area contributed by atoms with Crippen molar-refractivity contribution in [2.24, 2.45) is 10.8 Å². The highest BCUT2D eigenvalue weighted by molar-refractivity contribution is 7.18. The Morgan fingerprint density at radius 2 is 1.76 bits per heavy atom. The Hall–Kier alpha value is -2.60. The number of halogens is 3. The fraction of sp³-hybridized carbons (Fsp3) is 0.552. The molecular weight excluding hydrogens is 574 g/mol. The molecule has 2 aromatic rings. The molecule has 1 fully saturated rings. The zero-order valence-electron chi connectivity index (χ0n) is 24.4. The molecule has 226 valence electrons. The average molecular weight is 613 g/mol. The quantitative estimate of drug-likeness (QED) is 0.352. The molecule has 3 rings (SSSR count). The van der Waals surface area contributed by atoms with Crippen molar-refractivity contribution in [3.05, 3.63) is 45.1 Å². The van der Waals surface area contributed by atoms with Gasteiger partial charge < -0.3 is 20.3 Å². The number of nitrogens with one attached hydrogen (secondary N) is 2. The van der Waals surface area contributed by atoms with E-state index in [0.717, 1.165) is 11.3 Å². The lowest BCUT2D eigenvalue weighted by atomic mass is 9.90. The Morgan fingerprint density at radius 3 is 2.29 bits per heavy atom. The molecule has 8 nitrogen and oxygen atoms in total.